The van der Waals surface area contributed by atoms with Crippen LogP contribution in [0.4, 0.5) is 0 Å². The van der Waals surface area contributed by atoms with E-state index >= 15 is 0 Å². The van der Waals surface area contributed by atoms with E-state index in [9.17, 15) is 4.79 Å². The van der Waals surface area contributed by atoms with Crippen LogP contribution in [0.15, 0.2) is 36.4 Å². The van der Waals surface area contributed by atoms with Gasteiger partial charge >= 0.3 is 104 Å². The Morgan fingerprint density at radius 1 is 1.31 bits per heavy atom. The van der Waals surface area contributed by atoms with Crippen LogP contribution < -0.4 is 4.46 Å². The first kappa shape index (κ1) is 13.2. The first-order valence-corrected chi connectivity index (χ1v) is 7.38. The molecule has 0 amide bonds. The van der Waals surface area contributed by atoms with E-state index in [0.717, 1.165) is 10.9 Å². The SMILES string of the molecule is CCCC/C=C/C(=O)[Se]c1ccc(C)cc1. The molecule has 2 heteroatoms. The minimum atomic E-state index is -0.0591. The van der Waals surface area contributed by atoms with Gasteiger partial charge in [-0.3, -0.25) is 0 Å². The Morgan fingerprint density at radius 3 is 2.62 bits per heavy atom. The Kier molecular flexibility index (Phi) is 6.13. The summed E-state index contributed by atoms with van der Waals surface area (Å²) in [5.74, 6) is 0. The van der Waals surface area contributed by atoms with Crippen LogP contribution in [-0.2, 0) is 4.79 Å². The van der Waals surface area contributed by atoms with E-state index in [0.29, 0.717) is 0 Å². The quantitative estimate of drug-likeness (QED) is 0.445. The van der Waals surface area contributed by atoms with Gasteiger partial charge in [0.2, 0.25) is 0 Å². The summed E-state index contributed by atoms with van der Waals surface area (Å²) < 4.78 is 1.41. The monoisotopic (exact) mass is 282 g/mol. The molecule has 0 spiro atoms. The Balaban J connectivity index is 2.39. The van der Waals surface area contributed by atoms with Gasteiger partial charge in [-0.25, -0.2) is 0 Å². The second kappa shape index (κ2) is 7.43. The summed E-state index contributed by atoms with van der Waals surface area (Å²) in [5, 5.41) is 0. The van der Waals surface area contributed by atoms with Crippen molar-refractivity contribution in [1.29, 1.82) is 0 Å². The van der Waals surface area contributed by atoms with E-state index in [4.69, 9.17) is 0 Å². The summed E-state index contributed by atoms with van der Waals surface area (Å²) in [6, 6.07) is 8.22. The van der Waals surface area contributed by atoms with Gasteiger partial charge in [0.05, 0.1) is 0 Å². The summed E-state index contributed by atoms with van der Waals surface area (Å²) in [6.07, 6.45) is 7.12. The number of aryl methyl sites for hydroxylation is 1. The van der Waals surface area contributed by atoms with Gasteiger partial charge in [0.1, 0.15) is 0 Å². The van der Waals surface area contributed by atoms with E-state index in [2.05, 4.69) is 26.0 Å². The molecule has 0 fully saturated rings. The van der Waals surface area contributed by atoms with Gasteiger partial charge in [0.25, 0.3) is 0 Å². The summed E-state index contributed by atoms with van der Waals surface area (Å²) in [4.78, 5) is 11.6. The fourth-order valence-corrected chi connectivity index (χ4v) is 2.66. The summed E-state index contributed by atoms with van der Waals surface area (Å²) in [5.41, 5.74) is 1.24. The summed E-state index contributed by atoms with van der Waals surface area (Å²) in [7, 11) is 0. The number of carbonyl (C=O) groups is 1. The van der Waals surface area contributed by atoms with Gasteiger partial charge in [-0.1, -0.05) is 0 Å². The summed E-state index contributed by atoms with van der Waals surface area (Å²) in [6.45, 7) is 4.22. The molecule has 1 aromatic rings. The third kappa shape index (κ3) is 5.29. The fourth-order valence-electron chi connectivity index (χ4n) is 1.26. The molecule has 1 nitrogen and oxygen atoms in total. The molecule has 0 saturated carbocycles. The van der Waals surface area contributed by atoms with Crippen molar-refractivity contribution >= 4 is 24.1 Å². The van der Waals surface area contributed by atoms with Crippen LogP contribution in [-0.4, -0.2) is 19.6 Å². The summed E-state index contributed by atoms with van der Waals surface area (Å²) >= 11 is -0.0591. The van der Waals surface area contributed by atoms with Crippen LogP contribution in [0.25, 0.3) is 0 Å². The van der Waals surface area contributed by atoms with Crippen LogP contribution >= 0.6 is 0 Å². The molecule has 0 unspecified atom stereocenters. The maximum absolute atomic E-state index is 11.6. The molecule has 1 rings (SSSR count). The molecule has 1 aromatic carbocycles. The molecule has 16 heavy (non-hydrogen) atoms. The van der Waals surface area contributed by atoms with Crippen molar-refractivity contribution in [1.82, 2.24) is 0 Å². The Labute approximate surface area is 104 Å². The Hall–Kier alpha value is -0.851. The zero-order chi connectivity index (χ0) is 11.8. The van der Waals surface area contributed by atoms with E-state index in [-0.39, 0.29) is 19.6 Å². The second-order valence-electron chi connectivity index (χ2n) is 3.78. The topological polar surface area (TPSA) is 17.1 Å². The van der Waals surface area contributed by atoms with Gasteiger partial charge in [-0.15, -0.1) is 0 Å². The predicted octanol–water partition coefficient (Wildman–Crippen LogP) is 2.60. The minimum absolute atomic E-state index is 0.0591. The van der Waals surface area contributed by atoms with Crippen LogP contribution in [0.3, 0.4) is 0 Å². The van der Waals surface area contributed by atoms with Gasteiger partial charge in [-0.2, -0.15) is 0 Å². The molecular formula is C14H18OSe. The number of unbranched alkanes of at least 4 members (excludes halogenated alkanes) is 2. The number of allylic oxidation sites excluding steroid dienone is 2. The predicted molar refractivity (Wildman–Crippen MR) is 70.2 cm³/mol. The molecule has 0 aliphatic heterocycles. The first-order chi connectivity index (χ1) is 7.72. The molecular weight excluding hydrogens is 263 g/mol. The number of hydrogen-bond acceptors (Lipinski definition) is 1. The first-order valence-electron chi connectivity index (χ1n) is 5.67. The standard InChI is InChI=1S/C14H18OSe/c1-3-4-5-6-7-14(15)16-13-10-8-12(2)9-11-13/h6-11H,3-5H2,1-2H3/b7-6+. The average Bonchev–Trinajstić information content (AvgIpc) is 2.28. The van der Waals surface area contributed by atoms with E-state index in [1.54, 1.807) is 6.08 Å². The molecule has 0 bridgehead atoms. The molecule has 0 N–H and O–H groups in total. The average molecular weight is 281 g/mol. The second-order valence-corrected chi connectivity index (χ2v) is 6.04. The number of rotatable bonds is 6. The molecule has 0 radical (unpaired) electrons. The van der Waals surface area contributed by atoms with Crippen molar-refractivity contribution < 1.29 is 4.79 Å². The molecule has 0 aromatic heterocycles. The van der Waals surface area contributed by atoms with Crippen LogP contribution in [0.5, 0.6) is 0 Å². The van der Waals surface area contributed by atoms with Crippen LogP contribution in [0, 0.1) is 6.92 Å². The third-order valence-electron chi connectivity index (χ3n) is 2.22. The van der Waals surface area contributed by atoms with Crippen LogP contribution in [0.2, 0.25) is 0 Å². The number of benzene rings is 1. The Bertz CT molecular complexity index is 352. The molecule has 0 saturated heterocycles. The van der Waals surface area contributed by atoms with Crippen LogP contribution in [0.1, 0.15) is 31.7 Å². The fraction of sp³-hybridized carbons (Fsp3) is 0.357. The van der Waals surface area contributed by atoms with Crippen molar-refractivity contribution in [2.45, 2.75) is 33.1 Å². The van der Waals surface area contributed by atoms with E-state index < -0.39 is 0 Å². The molecule has 0 aliphatic carbocycles. The molecule has 86 valence electrons. The van der Waals surface area contributed by atoms with E-state index in [1.165, 1.54) is 18.4 Å². The van der Waals surface area contributed by atoms with Crippen molar-refractivity contribution in [2.24, 2.45) is 0 Å². The van der Waals surface area contributed by atoms with Gasteiger partial charge < -0.3 is 0 Å². The maximum atomic E-state index is 11.6. The van der Waals surface area contributed by atoms with Gasteiger partial charge in [-0.05, 0) is 0 Å². The van der Waals surface area contributed by atoms with E-state index in [1.807, 2.05) is 18.2 Å². The zero-order valence-corrected chi connectivity index (χ0v) is 11.6. The third-order valence-corrected chi connectivity index (χ3v) is 3.99. The Morgan fingerprint density at radius 2 is 2.00 bits per heavy atom. The van der Waals surface area contributed by atoms with Crippen molar-refractivity contribution in [2.75, 3.05) is 0 Å². The molecule has 0 heterocycles. The van der Waals surface area contributed by atoms with Gasteiger partial charge in [0, 0.05) is 0 Å². The normalized spacial score (nSPS) is 10.9. The zero-order valence-electron chi connectivity index (χ0n) is 9.90. The van der Waals surface area contributed by atoms with Gasteiger partial charge in [0.15, 0.2) is 0 Å². The van der Waals surface area contributed by atoms with Crippen molar-refractivity contribution in [3.8, 4) is 0 Å². The molecule has 0 atom stereocenters. The van der Waals surface area contributed by atoms with Crippen molar-refractivity contribution in [3.63, 3.8) is 0 Å². The number of carbonyl (C=O) groups excluding carboxylic acids is 1. The molecule has 0 aliphatic rings. The number of hydrogen-bond donors (Lipinski definition) is 0. The van der Waals surface area contributed by atoms with Crippen molar-refractivity contribution in [3.05, 3.63) is 42.0 Å².